The van der Waals surface area contributed by atoms with Crippen LogP contribution in [0.15, 0.2) is 43.0 Å². The highest BCUT2D eigenvalue weighted by molar-refractivity contribution is 6.07. The van der Waals surface area contributed by atoms with Gasteiger partial charge in [-0.2, -0.15) is 10.3 Å². The van der Waals surface area contributed by atoms with Crippen LogP contribution in [0.25, 0.3) is 0 Å². The van der Waals surface area contributed by atoms with Crippen LogP contribution in [0, 0.1) is 11.3 Å². The van der Waals surface area contributed by atoms with Gasteiger partial charge in [0.15, 0.2) is 0 Å². The number of amides is 2. The van der Waals surface area contributed by atoms with Gasteiger partial charge in [0.1, 0.15) is 6.07 Å². The van der Waals surface area contributed by atoms with Gasteiger partial charge in [0.2, 0.25) is 11.3 Å². The quantitative estimate of drug-likeness (QED) is 0.455. The zero-order chi connectivity index (χ0) is 19.6. The minimum Gasteiger partial charge on any atom is -0.449 e. The number of carbonyl (C=O) groups is 3. The Morgan fingerprint density at radius 1 is 1.23 bits per heavy atom. The van der Waals surface area contributed by atoms with E-state index >= 15 is 0 Å². The molecule has 0 saturated heterocycles. The molecule has 8 heteroatoms. The molecule has 0 aliphatic rings. The van der Waals surface area contributed by atoms with Gasteiger partial charge in [-0.25, -0.2) is 15.0 Å². The molecule has 1 unspecified atom stereocenters. The van der Waals surface area contributed by atoms with Crippen molar-refractivity contribution in [1.82, 2.24) is 10.4 Å². The summed E-state index contributed by atoms with van der Waals surface area (Å²) in [6.07, 6.45) is -0.982. The Balaban J connectivity index is 3.43. The van der Waals surface area contributed by atoms with Gasteiger partial charge in [-0.05, 0) is 13.8 Å². The summed E-state index contributed by atoms with van der Waals surface area (Å²) >= 11 is 0. The lowest BCUT2D eigenvalue weighted by Gasteiger charge is -2.35. The van der Waals surface area contributed by atoms with Crippen molar-refractivity contribution in [2.45, 2.75) is 25.8 Å². The van der Waals surface area contributed by atoms with E-state index in [9.17, 15) is 19.6 Å². The second-order valence-electron chi connectivity index (χ2n) is 5.03. The van der Waals surface area contributed by atoms with E-state index in [1.165, 1.54) is 18.2 Å². The van der Waals surface area contributed by atoms with Crippen molar-refractivity contribution in [3.8, 4) is 6.07 Å². The third-order valence-electron chi connectivity index (χ3n) is 3.35. The van der Waals surface area contributed by atoms with Crippen LogP contribution in [-0.4, -0.2) is 41.7 Å². The van der Waals surface area contributed by atoms with Gasteiger partial charge >= 0.3 is 12.2 Å². The number of hydrogen-bond acceptors (Lipinski definition) is 6. The minimum absolute atomic E-state index is 0.0189. The zero-order valence-electron chi connectivity index (χ0n) is 14.7. The highest BCUT2D eigenvalue weighted by atomic mass is 16.6. The number of rotatable bonds is 7. The molecule has 0 heterocycles. The Kier molecular flexibility index (Phi) is 7.83. The molecule has 2 amide bonds. The van der Waals surface area contributed by atoms with E-state index in [0.717, 1.165) is 0 Å². The van der Waals surface area contributed by atoms with Gasteiger partial charge in [-0.3, -0.25) is 4.79 Å². The number of hydrazine groups is 1. The summed E-state index contributed by atoms with van der Waals surface area (Å²) in [5, 5.41) is 10.4. The Bertz CT molecular complexity index is 699. The maximum absolute atomic E-state index is 13.1. The molecule has 0 aliphatic carbocycles. The fraction of sp³-hybridized carbons (Fsp3) is 0.333. The Morgan fingerprint density at radius 2 is 1.85 bits per heavy atom. The molecule has 138 valence electrons. The molecule has 1 aromatic rings. The zero-order valence-corrected chi connectivity index (χ0v) is 14.7. The van der Waals surface area contributed by atoms with Crippen LogP contribution in [0.3, 0.4) is 0 Å². The number of ketones is 1. The molecule has 0 fully saturated rings. The van der Waals surface area contributed by atoms with E-state index in [1.54, 1.807) is 32.0 Å². The number of ether oxygens (including phenoxy) is 2. The van der Waals surface area contributed by atoms with Crippen LogP contribution in [0.2, 0.25) is 0 Å². The normalized spacial score (nSPS) is 12.0. The smallest absolute Gasteiger partial charge is 0.430 e. The third-order valence-corrected chi connectivity index (χ3v) is 3.35. The van der Waals surface area contributed by atoms with Crippen LogP contribution in [0.1, 0.15) is 30.6 Å². The summed E-state index contributed by atoms with van der Waals surface area (Å²) in [7, 11) is 0. The van der Waals surface area contributed by atoms with Gasteiger partial charge in [0.05, 0.1) is 13.2 Å². The van der Waals surface area contributed by atoms with Gasteiger partial charge < -0.3 is 9.47 Å². The van der Waals surface area contributed by atoms with Crippen LogP contribution < -0.4 is 5.43 Å². The molecule has 8 nitrogen and oxygen atoms in total. The summed E-state index contributed by atoms with van der Waals surface area (Å²) in [6.45, 7) is 6.70. The molecule has 0 aliphatic heterocycles. The highest BCUT2D eigenvalue weighted by Crippen LogP contribution is 2.25. The second kappa shape index (κ2) is 9.84. The first-order valence-electron chi connectivity index (χ1n) is 7.99. The number of nitriles is 1. The minimum atomic E-state index is -2.08. The largest absolute Gasteiger partial charge is 0.449 e. The summed E-state index contributed by atoms with van der Waals surface area (Å²) in [5.41, 5.74) is 0.246. The van der Waals surface area contributed by atoms with Crippen LogP contribution in [-0.2, 0) is 9.47 Å². The average molecular weight is 359 g/mol. The second-order valence-corrected chi connectivity index (χ2v) is 5.03. The Labute approximate surface area is 152 Å². The monoisotopic (exact) mass is 359 g/mol. The van der Waals surface area contributed by atoms with Crippen molar-refractivity contribution in [2.24, 2.45) is 0 Å². The maximum Gasteiger partial charge on any atom is 0.430 e. The first kappa shape index (κ1) is 20.7. The highest BCUT2D eigenvalue weighted by Gasteiger charge is 2.49. The molecular formula is C18H21N3O5. The maximum atomic E-state index is 13.1. The van der Waals surface area contributed by atoms with Crippen molar-refractivity contribution < 1.29 is 23.9 Å². The molecule has 26 heavy (non-hydrogen) atoms. The molecule has 1 N–H and O–H groups in total. The molecule has 0 radical (unpaired) electrons. The molecule has 1 aromatic carbocycles. The van der Waals surface area contributed by atoms with Crippen molar-refractivity contribution in [3.05, 3.63) is 48.6 Å². The molecule has 0 bridgehead atoms. The van der Waals surface area contributed by atoms with E-state index in [1.807, 2.05) is 6.07 Å². The third kappa shape index (κ3) is 4.60. The molecule has 1 rings (SSSR count). The van der Waals surface area contributed by atoms with Crippen LogP contribution in [0.5, 0.6) is 0 Å². The van der Waals surface area contributed by atoms with Crippen molar-refractivity contribution >= 4 is 18.0 Å². The predicted octanol–water partition coefficient (Wildman–Crippen LogP) is 2.83. The standard InChI is InChI=1S/C18H21N3O5/c1-4-12-18(13-19,15(22)14-10-8-7-9-11-14)21(17(24)26-6-3)20-16(23)25-5-2/h4,7-11H,1,5-6,12H2,2-3H3,(H,20,23). The number of nitrogens with zero attached hydrogens (tertiary/aromatic N) is 2. The van der Waals surface area contributed by atoms with E-state index in [2.05, 4.69) is 12.0 Å². The fourth-order valence-electron chi connectivity index (χ4n) is 2.21. The summed E-state index contributed by atoms with van der Waals surface area (Å²) in [5.74, 6) is -0.689. The topological polar surface area (TPSA) is 109 Å². The molecule has 0 spiro atoms. The van der Waals surface area contributed by atoms with Crippen LogP contribution in [0.4, 0.5) is 9.59 Å². The van der Waals surface area contributed by atoms with E-state index < -0.39 is 23.5 Å². The van der Waals surface area contributed by atoms with Crippen molar-refractivity contribution in [1.29, 1.82) is 5.26 Å². The predicted molar refractivity (Wildman–Crippen MR) is 92.9 cm³/mol. The van der Waals surface area contributed by atoms with Crippen molar-refractivity contribution in [3.63, 3.8) is 0 Å². The van der Waals surface area contributed by atoms with Crippen LogP contribution >= 0.6 is 0 Å². The van der Waals surface area contributed by atoms with Gasteiger partial charge in [0, 0.05) is 12.0 Å². The Morgan fingerprint density at radius 3 is 2.35 bits per heavy atom. The first-order valence-corrected chi connectivity index (χ1v) is 7.99. The molecule has 0 saturated carbocycles. The Hall–Kier alpha value is -3.34. The first-order chi connectivity index (χ1) is 12.5. The molecule has 0 aromatic heterocycles. The fourth-order valence-corrected chi connectivity index (χ4v) is 2.21. The number of carbonyl (C=O) groups excluding carboxylic acids is 3. The number of nitrogens with one attached hydrogen (secondary N) is 1. The number of Topliss-reactive ketones (excluding diaryl/α,β-unsaturated/α-hetero) is 1. The van der Waals surface area contributed by atoms with E-state index in [4.69, 9.17) is 9.47 Å². The molecule has 1 atom stereocenters. The molecular weight excluding hydrogens is 338 g/mol. The van der Waals surface area contributed by atoms with Gasteiger partial charge in [-0.1, -0.05) is 36.4 Å². The lowest BCUT2D eigenvalue weighted by molar-refractivity contribution is 0.0331. The van der Waals surface area contributed by atoms with Gasteiger partial charge in [-0.15, -0.1) is 6.58 Å². The van der Waals surface area contributed by atoms with Gasteiger partial charge in [0.25, 0.3) is 0 Å². The average Bonchev–Trinajstić information content (AvgIpc) is 2.65. The number of benzene rings is 1. The summed E-state index contributed by atoms with van der Waals surface area (Å²) in [4.78, 5) is 37.3. The number of hydrogen-bond donors (Lipinski definition) is 1. The summed E-state index contributed by atoms with van der Waals surface area (Å²) < 4.78 is 9.66. The van der Waals surface area contributed by atoms with E-state index in [-0.39, 0.29) is 25.2 Å². The lowest BCUT2D eigenvalue weighted by Crippen LogP contribution is -2.63. The summed E-state index contributed by atoms with van der Waals surface area (Å²) in [6, 6.07) is 9.80. The van der Waals surface area contributed by atoms with E-state index in [0.29, 0.717) is 5.01 Å². The SMILES string of the molecule is C=CCC(C#N)(C(=O)c1ccccc1)N(NC(=O)OCC)C(=O)OCC. The van der Waals surface area contributed by atoms with Crippen molar-refractivity contribution in [2.75, 3.05) is 13.2 Å². The lowest BCUT2D eigenvalue weighted by atomic mass is 9.86.